The molecule has 2 heteroatoms. The summed E-state index contributed by atoms with van der Waals surface area (Å²) in [6.45, 7) is 12.5. The molecule has 0 saturated carbocycles. The Labute approximate surface area is 133 Å². The first-order chi connectivity index (χ1) is 10.2. The summed E-state index contributed by atoms with van der Waals surface area (Å²) in [7, 11) is 1.65. The molecule has 0 heterocycles. The summed E-state index contributed by atoms with van der Waals surface area (Å²) in [5, 5.41) is 0. The summed E-state index contributed by atoms with van der Waals surface area (Å²) in [5.41, 5.74) is 5.24. The van der Waals surface area contributed by atoms with Crippen molar-refractivity contribution in [3.8, 4) is 5.75 Å². The molecule has 2 rings (SSSR count). The minimum Gasteiger partial charge on any atom is -0.497 e. The van der Waals surface area contributed by atoms with Crippen LogP contribution in [0.5, 0.6) is 5.75 Å². The van der Waals surface area contributed by atoms with E-state index in [1.807, 2.05) is 31.2 Å². The molecular formula is C20H26O2. The second kappa shape index (κ2) is 5.75. The summed E-state index contributed by atoms with van der Waals surface area (Å²) in [6.07, 6.45) is 0. The summed E-state index contributed by atoms with van der Waals surface area (Å²) in [5.74, 6) is 1.01. The normalized spacial score (nSPS) is 26.3. The van der Waals surface area contributed by atoms with Gasteiger partial charge < -0.3 is 4.74 Å². The minimum absolute atomic E-state index is 0.0699. The SMILES string of the molecule is COc1ccc([C@@]2(C)C(=O)[C@H](C)C(C)=C(C)C(C)=C2C)cc1. The van der Waals surface area contributed by atoms with Gasteiger partial charge in [0.15, 0.2) is 5.78 Å². The molecule has 1 aliphatic carbocycles. The molecule has 0 spiro atoms. The van der Waals surface area contributed by atoms with E-state index in [0.29, 0.717) is 0 Å². The van der Waals surface area contributed by atoms with E-state index in [1.54, 1.807) is 7.11 Å². The van der Waals surface area contributed by atoms with E-state index >= 15 is 0 Å². The predicted molar refractivity (Wildman–Crippen MR) is 91.3 cm³/mol. The molecule has 1 aromatic rings. The fourth-order valence-corrected chi connectivity index (χ4v) is 3.37. The summed E-state index contributed by atoms with van der Waals surface area (Å²) in [4.78, 5) is 13.2. The van der Waals surface area contributed by atoms with Gasteiger partial charge in [0.25, 0.3) is 0 Å². The van der Waals surface area contributed by atoms with Crippen LogP contribution in [-0.4, -0.2) is 12.9 Å². The van der Waals surface area contributed by atoms with E-state index in [1.165, 1.54) is 16.7 Å². The number of ether oxygens (including phenoxy) is 1. The molecule has 2 nitrogen and oxygen atoms in total. The molecule has 2 atom stereocenters. The number of hydrogen-bond donors (Lipinski definition) is 0. The Morgan fingerprint density at radius 1 is 1.00 bits per heavy atom. The van der Waals surface area contributed by atoms with Gasteiger partial charge in [0, 0.05) is 5.92 Å². The highest BCUT2D eigenvalue weighted by Gasteiger charge is 2.42. The standard InChI is InChI=1S/C20H26O2/c1-12-13(2)15(4)19(21)20(6,16(5)14(12)3)17-8-10-18(22-7)11-9-17/h8-11,15H,1-7H3/t15-,20+/m1/s1. The third kappa shape index (κ3) is 2.31. The lowest BCUT2D eigenvalue weighted by Crippen LogP contribution is -2.37. The molecule has 0 radical (unpaired) electrons. The Morgan fingerprint density at radius 3 is 2.05 bits per heavy atom. The molecule has 0 amide bonds. The molecule has 0 fully saturated rings. The Hall–Kier alpha value is -1.83. The molecule has 1 aromatic carbocycles. The number of carbonyl (C=O) groups is 1. The second-order valence-corrected chi connectivity index (χ2v) is 6.50. The highest BCUT2D eigenvalue weighted by molar-refractivity contribution is 5.97. The van der Waals surface area contributed by atoms with Crippen molar-refractivity contribution in [1.29, 1.82) is 0 Å². The van der Waals surface area contributed by atoms with Crippen LogP contribution >= 0.6 is 0 Å². The van der Waals surface area contributed by atoms with Gasteiger partial charge >= 0.3 is 0 Å². The van der Waals surface area contributed by atoms with Crippen molar-refractivity contribution in [3.63, 3.8) is 0 Å². The molecule has 0 saturated heterocycles. The largest absolute Gasteiger partial charge is 0.497 e. The van der Waals surface area contributed by atoms with Gasteiger partial charge in [-0.05, 0) is 63.5 Å². The fraction of sp³-hybridized carbons (Fsp3) is 0.450. The van der Waals surface area contributed by atoms with Crippen molar-refractivity contribution < 1.29 is 9.53 Å². The Morgan fingerprint density at radius 2 is 1.55 bits per heavy atom. The number of rotatable bonds is 2. The lowest BCUT2D eigenvalue weighted by atomic mass is 9.69. The van der Waals surface area contributed by atoms with Crippen LogP contribution in [-0.2, 0) is 10.2 Å². The number of allylic oxidation sites excluding steroid dienone is 4. The molecule has 0 unspecified atom stereocenters. The maximum absolute atomic E-state index is 13.2. The third-order valence-corrected chi connectivity index (χ3v) is 5.67. The van der Waals surface area contributed by atoms with Crippen LogP contribution in [0.4, 0.5) is 0 Å². The Balaban J connectivity index is 2.67. The van der Waals surface area contributed by atoms with Gasteiger partial charge in [-0.15, -0.1) is 0 Å². The quantitative estimate of drug-likeness (QED) is 0.780. The zero-order valence-electron chi connectivity index (χ0n) is 14.7. The monoisotopic (exact) mass is 298 g/mol. The zero-order chi connectivity index (χ0) is 16.7. The highest BCUT2D eigenvalue weighted by Crippen LogP contribution is 2.43. The van der Waals surface area contributed by atoms with Crippen LogP contribution in [0.2, 0.25) is 0 Å². The van der Waals surface area contributed by atoms with Gasteiger partial charge in [-0.3, -0.25) is 4.79 Å². The van der Waals surface area contributed by atoms with Gasteiger partial charge in [-0.2, -0.15) is 0 Å². The lowest BCUT2D eigenvalue weighted by Gasteiger charge is -2.32. The highest BCUT2D eigenvalue weighted by atomic mass is 16.5. The van der Waals surface area contributed by atoms with Crippen LogP contribution in [0.25, 0.3) is 0 Å². The first-order valence-corrected chi connectivity index (χ1v) is 7.79. The van der Waals surface area contributed by atoms with E-state index in [-0.39, 0.29) is 11.7 Å². The summed E-state index contributed by atoms with van der Waals surface area (Å²) >= 11 is 0. The smallest absolute Gasteiger partial charge is 0.154 e. The first kappa shape index (κ1) is 16.5. The topological polar surface area (TPSA) is 26.3 Å². The van der Waals surface area contributed by atoms with Crippen LogP contribution < -0.4 is 4.74 Å². The summed E-state index contributed by atoms with van der Waals surface area (Å²) < 4.78 is 5.24. The van der Waals surface area contributed by atoms with Crippen molar-refractivity contribution in [2.24, 2.45) is 5.92 Å². The first-order valence-electron chi connectivity index (χ1n) is 7.79. The van der Waals surface area contributed by atoms with Gasteiger partial charge in [0.05, 0.1) is 12.5 Å². The molecule has 0 aromatic heterocycles. The maximum Gasteiger partial charge on any atom is 0.154 e. The molecule has 22 heavy (non-hydrogen) atoms. The van der Waals surface area contributed by atoms with Crippen molar-refractivity contribution in [2.45, 2.75) is 47.0 Å². The van der Waals surface area contributed by atoms with Crippen molar-refractivity contribution >= 4 is 5.78 Å². The summed E-state index contributed by atoms with van der Waals surface area (Å²) in [6, 6.07) is 7.88. The van der Waals surface area contributed by atoms with Crippen molar-refractivity contribution in [2.75, 3.05) is 7.11 Å². The third-order valence-electron chi connectivity index (χ3n) is 5.67. The Kier molecular flexibility index (Phi) is 4.32. The average Bonchev–Trinajstić information content (AvgIpc) is 2.59. The van der Waals surface area contributed by atoms with E-state index in [2.05, 4.69) is 34.6 Å². The second-order valence-electron chi connectivity index (χ2n) is 6.50. The van der Waals surface area contributed by atoms with Gasteiger partial charge in [0.2, 0.25) is 0 Å². The molecular weight excluding hydrogens is 272 g/mol. The average molecular weight is 298 g/mol. The number of ketones is 1. The zero-order valence-corrected chi connectivity index (χ0v) is 14.7. The van der Waals surface area contributed by atoms with Gasteiger partial charge in [0.1, 0.15) is 5.75 Å². The predicted octanol–water partition coefficient (Wildman–Crippen LogP) is 4.84. The maximum atomic E-state index is 13.2. The number of methoxy groups -OCH3 is 1. The fourth-order valence-electron chi connectivity index (χ4n) is 3.37. The molecule has 0 N–H and O–H groups in total. The molecule has 1 aliphatic rings. The van der Waals surface area contributed by atoms with Crippen molar-refractivity contribution in [1.82, 2.24) is 0 Å². The number of benzene rings is 1. The van der Waals surface area contributed by atoms with Gasteiger partial charge in [-0.1, -0.05) is 30.2 Å². The number of Topliss-reactive ketones (excluding diaryl/α,β-unsaturated/α-hetero) is 1. The molecule has 0 aliphatic heterocycles. The van der Waals surface area contributed by atoms with E-state index < -0.39 is 5.41 Å². The van der Waals surface area contributed by atoms with Crippen LogP contribution in [0.15, 0.2) is 46.6 Å². The number of carbonyl (C=O) groups excluding carboxylic acids is 1. The minimum atomic E-state index is -0.589. The van der Waals surface area contributed by atoms with E-state index in [4.69, 9.17) is 4.74 Å². The lowest BCUT2D eigenvalue weighted by molar-refractivity contribution is -0.125. The van der Waals surface area contributed by atoms with Crippen LogP contribution in [0, 0.1) is 5.92 Å². The van der Waals surface area contributed by atoms with E-state index in [0.717, 1.165) is 16.9 Å². The van der Waals surface area contributed by atoms with Crippen molar-refractivity contribution in [3.05, 3.63) is 52.1 Å². The van der Waals surface area contributed by atoms with E-state index in [9.17, 15) is 4.79 Å². The Bertz CT molecular complexity index is 661. The van der Waals surface area contributed by atoms with Crippen LogP contribution in [0.3, 0.4) is 0 Å². The number of hydrogen-bond acceptors (Lipinski definition) is 2. The molecule has 118 valence electrons. The van der Waals surface area contributed by atoms with Crippen LogP contribution in [0.1, 0.15) is 47.1 Å². The molecule has 0 bridgehead atoms. The van der Waals surface area contributed by atoms with Gasteiger partial charge in [-0.25, -0.2) is 0 Å².